The molecule has 2 N–H and O–H groups in total. The molecular weight excluding hydrogens is 273 g/mol. The van der Waals surface area contributed by atoms with Crippen molar-refractivity contribution in [1.29, 1.82) is 0 Å². The molecule has 3 radical (unpaired) electrons. The molecule has 0 heterocycles. The van der Waals surface area contributed by atoms with E-state index in [0.717, 1.165) is 0 Å². The van der Waals surface area contributed by atoms with Gasteiger partial charge in [0.05, 0.1) is 0 Å². The molecule has 0 amide bonds. The number of carboxylic acid groups (broad SMARTS) is 2. The van der Waals surface area contributed by atoms with E-state index in [1.165, 1.54) is 0 Å². The summed E-state index contributed by atoms with van der Waals surface area (Å²) in [6, 6.07) is 0. The molecule has 0 aliphatic carbocycles. The van der Waals surface area contributed by atoms with Gasteiger partial charge >= 0.3 is 63.3 Å². The molecule has 0 spiro atoms. The van der Waals surface area contributed by atoms with Gasteiger partial charge in [0.2, 0.25) is 0 Å². The standard InChI is InChI=1S/C4H4O4.K.Sb.H/c5-3(6)1-2-4(7)8;;;/h1-2H,(H,5,6)(H,7,8);;;. The van der Waals surface area contributed by atoms with Crippen LogP contribution in [0.1, 0.15) is 0 Å². The minimum atomic E-state index is -1.26. The van der Waals surface area contributed by atoms with Gasteiger partial charge in [-0.15, -0.1) is 0 Å². The van der Waals surface area contributed by atoms with Gasteiger partial charge in [0.25, 0.3) is 0 Å². The summed E-state index contributed by atoms with van der Waals surface area (Å²) in [6.45, 7) is 0. The van der Waals surface area contributed by atoms with Gasteiger partial charge in [-0.2, -0.15) is 0 Å². The molecule has 0 unspecified atom stereocenters. The predicted octanol–water partition coefficient (Wildman–Crippen LogP) is -1.32. The molecule has 0 aromatic heterocycles. The predicted molar refractivity (Wildman–Crippen MR) is 37.3 cm³/mol. The number of aliphatic carboxylic acids is 2. The maximum absolute atomic E-state index is 9.55. The number of carboxylic acids is 2. The normalized spacial score (nSPS) is 7.60. The summed E-state index contributed by atoms with van der Waals surface area (Å²) >= 11 is 0. The molecule has 51 valence electrons. The van der Waals surface area contributed by atoms with E-state index in [0.29, 0.717) is 12.2 Å². The Morgan fingerprint density at radius 2 is 1.20 bits per heavy atom. The second kappa shape index (κ2) is 10.1. The Bertz CT molecular complexity index is 128. The van der Waals surface area contributed by atoms with Gasteiger partial charge in [-0.1, -0.05) is 0 Å². The van der Waals surface area contributed by atoms with Crippen LogP contribution in [0.2, 0.25) is 0 Å². The molecule has 0 saturated carbocycles. The van der Waals surface area contributed by atoms with E-state index in [2.05, 4.69) is 0 Å². The van der Waals surface area contributed by atoms with Gasteiger partial charge in [0.1, 0.15) is 0 Å². The summed E-state index contributed by atoms with van der Waals surface area (Å²) in [5.74, 6) is -2.51. The van der Waals surface area contributed by atoms with Gasteiger partial charge in [-0.25, -0.2) is 9.59 Å². The summed E-state index contributed by atoms with van der Waals surface area (Å²) in [7, 11) is 0. The van der Waals surface area contributed by atoms with Crippen molar-refractivity contribution in [2.24, 2.45) is 0 Å². The quantitative estimate of drug-likeness (QED) is 0.485. The first-order valence-electron chi connectivity index (χ1n) is 1.77. The van der Waals surface area contributed by atoms with Gasteiger partial charge < -0.3 is 10.2 Å². The van der Waals surface area contributed by atoms with E-state index < -0.39 is 11.9 Å². The molecule has 4 nitrogen and oxygen atoms in total. The van der Waals surface area contributed by atoms with Crippen LogP contribution < -0.4 is 0 Å². The van der Waals surface area contributed by atoms with Crippen LogP contribution in [-0.2, 0) is 9.59 Å². The Balaban J connectivity index is -0.000000245. The zero-order valence-electron chi connectivity index (χ0n) is 4.31. The van der Waals surface area contributed by atoms with Gasteiger partial charge in [0.15, 0.2) is 0 Å². The zero-order chi connectivity index (χ0) is 6.57. The van der Waals surface area contributed by atoms with Crippen LogP contribution in [0.25, 0.3) is 0 Å². The van der Waals surface area contributed by atoms with Crippen LogP contribution >= 0.6 is 0 Å². The molecule has 10 heavy (non-hydrogen) atoms. The SMILES string of the molecule is O=C(O)C=CC(=O)O.[KH].[Sb]. The summed E-state index contributed by atoms with van der Waals surface area (Å²) < 4.78 is 0. The zero-order valence-corrected chi connectivity index (χ0v) is 6.87. The van der Waals surface area contributed by atoms with Crippen molar-refractivity contribution in [3.05, 3.63) is 12.2 Å². The molecule has 0 atom stereocenters. The van der Waals surface area contributed by atoms with Crippen LogP contribution in [0.5, 0.6) is 0 Å². The Labute approximate surface area is 118 Å². The summed E-state index contributed by atoms with van der Waals surface area (Å²) in [5, 5.41) is 15.6. The first kappa shape index (κ1) is 17.3. The van der Waals surface area contributed by atoms with Crippen molar-refractivity contribution in [2.45, 2.75) is 0 Å². The van der Waals surface area contributed by atoms with Crippen LogP contribution in [0, 0.1) is 0 Å². The van der Waals surface area contributed by atoms with Crippen LogP contribution in [0.15, 0.2) is 12.2 Å². The van der Waals surface area contributed by atoms with Crippen molar-refractivity contribution in [2.75, 3.05) is 0 Å². The molecule has 0 aliphatic heterocycles. The number of carbonyl (C=O) groups is 2. The molecule has 0 aromatic rings. The third-order valence-electron chi connectivity index (χ3n) is 0.368. The van der Waals surface area contributed by atoms with Crippen molar-refractivity contribution in [3.63, 3.8) is 0 Å². The fourth-order valence-corrected chi connectivity index (χ4v) is 0.143. The molecule has 0 rings (SSSR count). The van der Waals surface area contributed by atoms with E-state index >= 15 is 0 Å². The maximum Gasteiger partial charge on any atom is 0 e. The van der Waals surface area contributed by atoms with Crippen molar-refractivity contribution in [3.8, 4) is 0 Å². The van der Waals surface area contributed by atoms with E-state index in [1.807, 2.05) is 0 Å². The maximum atomic E-state index is 9.55. The van der Waals surface area contributed by atoms with Crippen molar-refractivity contribution < 1.29 is 19.8 Å². The fourth-order valence-electron chi connectivity index (χ4n) is 0.143. The summed E-state index contributed by atoms with van der Waals surface area (Å²) in [4.78, 5) is 19.1. The third kappa shape index (κ3) is 16.1. The van der Waals surface area contributed by atoms with Gasteiger partial charge in [-0.3, -0.25) is 0 Å². The average Bonchev–Trinajstić information content (AvgIpc) is 1.61. The average molecular weight is 278 g/mol. The Hall–Kier alpha value is 1.13. The van der Waals surface area contributed by atoms with E-state index in [1.54, 1.807) is 0 Å². The minimum absolute atomic E-state index is 0. The number of rotatable bonds is 2. The Morgan fingerprint density at radius 1 is 1.00 bits per heavy atom. The molecular formula is C4H5KO4Sb. The summed E-state index contributed by atoms with van der Waals surface area (Å²) in [6.07, 6.45) is 1.12. The van der Waals surface area contributed by atoms with Crippen LogP contribution in [0.4, 0.5) is 0 Å². The van der Waals surface area contributed by atoms with Crippen molar-refractivity contribution >= 4 is 87.8 Å². The first-order valence-corrected chi connectivity index (χ1v) is 1.77. The molecule has 0 bridgehead atoms. The molecule has 0 aliphatic rings. The van der Waals surface area contributed by atoms with E-state index in [9.17, 15) is 9.59 Å². The molecule has 0 saturated heterocycles. The first-order chi connectivity index (χ1) is 3.63. The van der Waals surface area contributed by atoms with Gasteiger partial charge in [-0.05, 0) is 0 Å². The van der Waals surface area contributed by atoms with E-state index in [4.69, 9.17) is 10.2 Å². The van der Waals surface area contributed by atoms with Crippen LogP contribution in [0.3, 0.4) is 0 Å². The largest absolute Gasteiger partial charge is 0 e. The second-order valence-electron chi connectivity index (χ2n) is 1.01. The number of hydrogen-bond acceptors (Lipinski definition) is 2. The van der Waals surface area contributed by atoms with Gasteiger partial charge in [0, 0.05) is 36.6 Å². The Morgan fingerprint density at radius 3 is 1.30 bits per heavy atom. The fraction of sp³-hybridized carbons (Fsp3) is 0. The van der Waals surface area contributed by atoms with Crippen molar-refractivity contribution in [1.82, 2.24) is 0 Å². The summed E-state index contributed by atoms with van der Waals surface area (Å²) in [5.41, 5.74) is 0. The Kier molecular flexibility index (Phi) is 17.5. The molecule has 0 fully saturated rings. The monoisotopic (exact) mass is 277 g/mol. The smallest absolute Gasteiger partial charge is 0 e. The number of hydrogen-bond donors (Lipinski definition) is 2. The van der Waals surface area contributed by atoms with Crippen LogP contribution in [-0.4, -0.2) is 98.0 Å². The van der Waals surface area contributed by atoms with E-state index in [-0.39, 0.29) is 75.8 Å². The molecule has 0 aromatic carbocycles. The third-order valence-corrected chi connectivity index (χ3v) is 0.368. The topological polar surface area (TPSA) is 74.6 Å². The second-order valence-corrected chi connectivity index (χ2v) is 1.01. The minimum Gasteiger partial charge on any atom is 0 e. The molecule has 6 heteroatoms.